The van der Waals surface area contributed by atoms with Gasteiger partial charge in [0.25, 0.3) is 0 Å². The minimum absolute atomic E-state index is 0.0170. The van der Waals surface area contributed by atoms with E-state index in [0.29, 0.717) is 6.08 Å². The summed E-state index contributed by atoms with van der Waals surface area (Å²) in [6.45, 7) is 1.39. The summed E-state index contributed by atoms with van der Waals surface area (Å²) in [4.78, 5) is 11.2. The summed E-state index contributed by atoms with van der Waals surface area (Å²) in [5.41, 5.74) is 0. The standard InChI is InChI=1S/C11H12F9NO/c1-3-5-21(7(22)4-2)6-8(12,13)9(14,15)10(16,17)11(18,19)20/h4H,2-3,5-6H2,1H3. The molecule has 22 heavy (non-hydrogen) atoms. The number of hydrogen-bond acceptors (Lipinski definition) is 1. The van der Waals surface area contributed by atoms with Gasteiger partial charge in [-0.2, -0.15) is 39.5 Å². The van der Waals surface area contributed by atoms with Crippen LogP contribution in [0.5, 0.6) is 0 Å². The molecule has 0 saturated heterocycles. The molecule has 0 unspecified atom stereocenters. The zero-order chi connectivity index (χ0) is 18.0. The summed E-state index contributed by atoms with van der Waals surface area (Å²) < 4.78 is 114. The zero-order valence-corrected chi connectivity index (χ0v) is 11.2. The Kier molecular flexibility index (Phi) is 5.96. The molecule has 0 aromatic carbocycles. The topological polar surface area (TPSA) is 20.3 Å². The van der Waals surface area contributed by atoms with Gasteiger partial charge >= 0.3 is 23.9 Å². The lowest BCUT2D eigenvalue weighted by Crippen LogP contribution is -2.63. The fraction of sp³-hybridized carbons (Fsp3) is 0.727. The highest BCUT2D eigenvalue weighted by Gasteiger charge is 2.81. The third kappa shape index (κ3) is 3.67. The first-order valence-electron chi connectivity index (χ1n) is 5.77. The van der Waals surface area contributed by atoms with Crippen LogP contribution in [-0.2, 0) is 4.79 Å². The molecule has 1 amide bonds. The first kappa shape index (κ1) is 20.6. The Morgan fingerprint density at radius 2 is 1.45 bits per heavy atom. The molecule has 0 fully saturated rings. The third-order valence-electron chi connectivity index (χ3n) is 2.58. The lowest BCUT2D eigenvalue weighted by atomic mass is 10.0. The van der Waals surface area contributed by atoms with Gasteiger partial charge in [0.15, 0.2) is 0 Å². The fourth-order valence-corrected chi connectivity index (χ4v) is 1.41. The van der Waals surface area contributed by atoms with E-state index in [4.69, 9.17) is 0 Å². The van der Waals surface area contributed by atoms with Crippen LogP contribution < -0.4 is 0 Å². The maximum Gasteiger partial charge on any atom is 0.460 e. The van der Waals surface area contributed by atoms with E-state index in [1.54, 1.807) is 0 Å². The second kappa shape index (κ2) is 6.37. The van der Waals surface area contributed by atoms with Gasteiger partial charge in [0.05, 0.1) is 6.54 Å². The minimum Gasteiger partial charge on any atom is -0.333 e. The van der Waals surface area contributed by atoms with Crippen molar-refractivity contribution in [2.75, 3.05) is 13.1 Å². The predicted molar refractivity (Wildman–Crippen MR) is 58.0 cm³/mol. The average molecular weight is 345 g/mol. The monoisotopic (exact) mass is 345 g/mol. The molecule has 0 bridgehead atoms. The van der Waals surface area contributed by atoms with Crippen molar-refractivity contribution in [1.82, 2.24) is 4.90 Å². The Labute approximate surface area is 119 Å². The van der Waals surface area contributed by atoms with Crippen LogP contribution in [0.15, 0.2) is 12.7 Å². The summed E-state index contributed by atoms with van der Waals surface area (Å²) in [6.07, 6.45) is -6.44. The Morgan fingerprint density at radius 1 is 1.00 bits per heavy atom. The molecule has 0 rings (SSSR count). The van der Waals surface area contributed by atoms with Gasteiger partial charge in [0, 0.05) is 6.54 Å². The molecule has 0 spiro atoms. The van der Waals surface area contributed by atoms with Crippen molar-refractivity contribution in [1.29, 1.82) is 0 Å². The van der Waals surface area contributed by atoms with Gasteiger partial charge in [-0.1, -0.05) is 13.5 Å². The lowest BCUT2D eigenvalue weighted by Gasteiger charge is -2.36. The molecule has 0 aromatic rings. The molecular formula is C11H12F9NO. The fourth-order valence-electron chi connectivity index (χ4n) is 1.41. The van der Waals surface area contributed by atoms with E-state index in [1.807, 2.05) is 0 Å². The van der Waals surface area contributed by atoms with Gasteiger partial charge < -0.3 is 4.90 Å². The van der Waals surface area contributed by atoms with Gasteiger partial charge in [-0.25, -0.2) is 0 Å². The Morgan fingerprint density at radius 3 is 1.77 bits per heavy atom. The van der Waals surface area contributed by atoms with Crippen LogP contribution in [0.25, 0.3) is 0 Å². The number of amides is 1. The van der Waals surface area contributed by atoms with Crippen LogP contribution >= 0.6 is 0 Å². The molecule has 0 aliphatic carbocycles. The highest BCUT2D eigenvalue weighted by atomic mass is 19.4. The highest BCUT2D eigenvalue weighted by Crippen LogP contribution is 2.53. The van der Waals surface area contributed by atoms with Crippen molar-refractivity contribution in [3.63, 3.8) is 0 Å². The van der Waals surface area contributed by atoms with E-state index in [2.05, 4.69) is 6.58 Å². The molecule has 0 saturated carbocycles. The molecule has 0 heterocycles. The van der Waals surface area contributed by atoms with Crippen LogP contribution in [0.4, 0.5) is 39.5 Å². The number of halogens is 9. The van der Waals surface area contributed by atoms with Crippen LogP contribution in [-0.4, -0.2) is 47.8 Å². The highest BCUT2D eigenvalue weighted by molar-refractivity contribution is 5.87. The third-order valence-corrected chi connectivity index (χ3v) is 2.58. The molecular weight excluding hydrogens is 333 g/mol. The summed E-state index contributed by atoms with van der Waals surface area (Å²) in [7, 11) is 0. The molecule has 0 atom stereocenters. The van der Waals surface area contributed by atoms with Gasteiger partial charge in [-0.05, 0) is 12.5 Å². The van der Waals surface area contributed by atoms with E-state index < -0.39 is 42.9 Å². The summed E-state index contributed by atoms with van der Waals surface area (Å²) in [5.74, 6) is -20.8. The number of carbonyl (C=O) groups excluding carboxylic acids is 1. The van der Waals surface area contributed by atoms with Gasteiger partial charge in [0.1, 0.15) is 0 Å². The van der Waals surface area contributed by atoms with Crippen molar-refractivity contribution < 1.29 is 44.3 Å². The average Bonchev–Trinajstić information content (AvgIpc) is 2.35. The van der Waals surface area contributed by atoms with E-state index in [1.165, 1.54) is 6.92 Å². The second-order valence-corrected chi connectivity index (χ2v) is 4.31. The maximum atomic E-state index is 13.3. The normalized spacial score (nSPS) is 13.9. The van der Waals surface area contributed by atoms with Crippen LogP contribution in [0, 0.1) is 0 Å². The Balaban J connectivity index is 5.60. The van der Waals surface area contributed by atoms with Gasteiger partial charge in [0.2, 0.25) is 5.91 Å². The number of alkyl halides is 9. The van der Waals surface area contributed by atoms with Crippen LogP contribution in [0.1, 0.15) is 13.3 Å². The zero-order valence-electron chi connectivity index (χ0n) is 11.2. The number of hydrogen-bond donors (Lipinski definition) is 0. The molecule has 0 aromatic heterocycles. The first-order chi connectivity index (χ1) is 9.65. The lowest BCUT2D eigenvalue weighted by molar-refractivity contribution is -0.396. The van der Waals surface area contributed by atoms with E-state index in [9.17, 15) is 44.3 Å². The van der Waals surface area contributed by atoms with Crippen molar-refractivity contribution >= 4 is 5.91 Å². The molecule has 0 aliphatic rings. The Hall–Kier alpha value is -1.42. The summed E-state index contributed by atoms with van der Waals surface area (Å²) >= 11 is 0. The number of carbonyl (C=O) groups is 1. The van der Waals surface area contributed by atoms with E-state index >= 15 is 0 Å². The van der Waals surface area contributed by atoms with Crippen molar-refractivity contribution in [2.45, 2.75) is 37.3 Å². The molecule has 11 heteroatoms. The largest absolute Gasteiger partial charge is 0.460 e. The molecule has 0 aliphatic heterocycles. The minimum atomic E-state index is -6.96. The summed E-state index contributed by atoms with van der Waals surface area (Å²) in [6, 6.07) is 0. The Bertz CT molecular complexity index is 416. The van der Waals surface area contributed by atoms with Crippen LogP contribution in [0.2, 0.25) is 0 Å². The van der Waals surface area contributed by atoms with Gasteiger partial charge in [-0.3, -0.25) is 4.79 Å². The van der Waals surface area contributed by atoms with E-state index in [-0.39, 0.29) is 11.3 Å². The predicted octanol–water partition coefficient (Wildman–Crippen LogP) is 3.88. The van der Waals surface area contributed by atoms with Crippen molar-refractivity contribution in [3.05, 3.63) is 12.7 Å². The maximum absolute atomic E-state index is 13.3. The van der Waals surface area contributed by atoms with Gasteiger partial charge in [-0.15, -0.1) is 0 Å². The number of nitrogens with zero attached hydrogens (tertiary/aromatic N) is 1. The molecule has 130 valence electrons. The molecule has 0 N–H and O–H groups in total. The summed E-state index contributed by atoms with van der Waals surface area (Å²) in [5, 5.41) is 0. The SMILES string of the molecule is C=CC(=O)N(CCC)CC(F)(F)C(F)(F)C(F)(F)C(F)(F)F. The number of rotatable bonds is 7. The molecule has 2 nitrogen and oxygen atoms in total. The molecule has 0 radical (unpaired) electrons. The van der Waals surface area contributed by atoms with Crippen LogP contribution in [0.3, 0.4) is 0 Å². The van der Waals surface area contributed by atoms with Crippen molar-refractivity contribution in [3.8, 4) is 0 Å². The quantitative estimate of drug-likeness (QED) is 0.507. The second-order valence-electron chi connectivity index (χ2n) is 4.31. The first-order valence-corrected chi connectivity index (χ1v) is 5.77. The smallest absolute Gasteiger partial charge is 0.333 e. The van der Waals surface area contributed by atoms with Crippen molar-refractivity contribution in [2.24, 2.45) is 0 Å². The van der Waals surface area contributed by atoms with E-state index in [0.717, 1.165) is 0 Å².